The van der Waals surface area contributed by atoms with E-state index >= 15 is 0 Å². The first-order valence-electron chi connectivity index (χ1n) is 8.69. The number of benzene rings is 1. The molecule has 0 spiro atoms. The molecule has 1 N–H and O–H groups in total. The molecule has 5 heteroatoms. The summed E-state index contributed by atoms with van der Waals surface area (Å²) < 4.78 is 11.3. The van der Waals surface area contributed by atoms with Gasteiger partial charge in [-0.2, -0.15) is 0 Å². The summed E-state index contributed by atoms with van der Waals surface area (Å²) in [5.41, 5.74) is 2.26. The lowest BCUT2D eigenvalue weighted by Gasteiger charge is -2.21. The summed E-state index contributed by atoms with van der Waals surface area (Å²) in [6.07, 6.45) is 3.53. The molecule has 0 saturated carbocycles. The molecule has 136 valence electrons. The molecule has 0 aliphatic carbocycles. The van der Waals surface area contributed by atoms with E-state index in [9.17, 15) is 0 Å². The third-order valence-electron chi connectivity index (χ3n) is 4.22. The maximum absolute atomic E-state index is 5.87. The lowest BCUT2D eigenvalue weighted by Crippen LogP contribution is -2.33. The normalized spacial score (nSPS) is 11.1. The third kappa shape index (κ3) is 6.36. The van der Waals surface area contributed by atoms with Crippen molar-refractivity contribution in [2.75, 3.05) is 27.2 Å². The third-order valence-corrected chi connectivity index (χ3v) is 4.22. The molecule has 0 bridgehead atoms. The lowest BCUT2D eigenvalue weighted by atomic mass is 10.2. The first kappa shape index (κ1) is 19.2. The summed E-state index contributed by atoms with van der Waals surface area (Å²) >= 11 is 0. The van der Waals surface area contributed by atoms with Gasteiger partial charge in [-0.25, -0.2) is 0 Å². The molecule has 0 fully saturated rings. The van der Waals surface area contributed by atoms with Crippen molar-refractivity contribution in [3.63, 3.8) is 0 Å². The largest absolute Gasteiger partial charge is 0.493 e. The average Bonchev–Trinajstić information content (AvgIpc) is 2.64. The van der Waals surface area contributed by atoms with Gasteiger partial charge in [-0.05, 0) is 56.3 Å². The van der Waals surface area contributed by atoms with Gasteiger partial charge in [0.25, 0.3) is 0 Å². The smallest absolute Gasteiger partial charge is 0.161 e. The topological polar surface area (TPSA) is 46.6 Å². The molecule has 0 aliphatic rings. The molecule has 0 unspecified atom stereocenters. The van der Waals surface area contributed by atoms with E-state index in [0.29, 0.717) is 12.6 Å². The fourth-order valence-electron chi connectivity index (χ4n) is 2.33. The van der Waals surface area contributed by atoms with Gasteiger partial charge in [-0.15, -0.1) is 0 Å². The van der Waals surface area contributed by atoms with Gasteiger partial charge in [-0.1, -0.05) is 6.07 Å². The number of pyridine rings is 1. The molecule has 2 aromatic rings. The Morgan fingerprint density at radius 3 is 2.52 bits per heavy atom. The van der Waals surface area contributed by atoms with Crippen molar-refractivity contribution in [2.24, 2.45) is 0 Å². The zero-order chi connectivity index (χ0) is 18.1. The summed E-state index contributed by atoms with van der Waals surface area (Å²) in [5, 5.41) is 3.47. The Hall–Kier alpha value is -2.11. The first-order chi connectivity index (χ1) is 12.1. The van der Waals surface area contributed by atoms with Crippen molar-refractivity contribution in [3.05, 3.63) is 53.9 Å². The first-order valence-corrected chi connectivity index (χ1v) is 8.69. The molecule has 0 saturated heterocycles. The van der Waals surface area contributed by atoms with E-state index in [1.54, 1.807) is 19.5 Å². The van der Waals surface area contributed by atoms with Gasteiger partial charge in [0.05, 0.1) is 7.11 Å². The van der Waals surface area contributed by atoms with Crippen LogP contribution in [0.5, 0.6) is 11.5 Å². The van der Waals surface area contributed by atoms with Crippen molar-refractivity contribution < 1.29 is 9.47 Å². The van der Waals surface area contributed by atoms with Gasteiger partial charge < -0.3 is 19.7 Å². The molecule has 25 heavy (non-hydrogen) atoms. The van der Waals surface area contributed by atoms with Gasteiger partial charge >= 0.3 is 0 Å². The fourth-order valence-corrected chi connectivity index (χ4v) is 2.33. The molecule has 2 rings (SSSR count). The van der Waals surface area contributed by atoms with Crippen LogP contribution in [0.25, 0.3) is 0 Å². The van der Waals surface area contributed by atoms with E-state index < -0.39 is 0 Å². The van der Waals surface area contributed by atoms with E-state index in [4.69, 9.17) is 9.47 Å². The van der Waals surface area contributed by atoms with Gasteiger partial charge in [0.15, 0.2) is 11.5 Å². The molecule has 0 aliphatic heterocycles. The Bertz CT molecular complexity index is 632. The summed E-state index contributed by atoms with van der Waals surface area (Å²) in [6.45, 7) is 7.70. The van der Waals surface area contributed by atoms with Crippen LogP contribution < -0.4 is 14.8 Å². The number of hydrogen-bond donors (Lipinski definition) is 1. The second-order valence-corrected chi connectivity index (χ2v) is 6.38. The molecule has 0 radical (unpaired) electrons. The van der Waals surface area contributed by atoms with E-state index in [-0.39, 0.29) is 0 Å². The van der Waals surface area contributed by atoms with Crippen LogP contribution in [-0.2, 0) is 13.2 Å². The quantitative estimate of drug-likeness (QED) is 0.672. The van der Waals surface area contributed by atoms with Crippen molar-refractivity contribution in [1.82, 2.24) is 15.2 Å². The minimum Gasteiger partial charge on any atom is -0.493 e. The standard InChI is InChI=1S/C20H29N3O2/c1-16(2)23(3)12-11-22-14-18-5-6-19(20(13-18)24-4)25-15-17-7-9-21-10-8-17/h5-10,13,16,22H,11-12,14-15H2,1-4H3. The number of rotatable bonds is 10. The molecule has 0 amide bonds. The van der Waals surface area contributed by atoms with Crippen LogP contribution in [0.3, 0.4) is 0 Å². The number of methoxy groups -OCH3 is 1. The van der Waals surface area contributed by atoms with E-state index in [0.717, 1.165) is 36.7 Å². The van der Waals surface area contributed by atoms with Crippen molar-refractivity contribution in [3.8, 4) is 11.5 Å². The molecule has 0 atom stereocenters. The van der Waals surface area contributed by atoms with Crippen LogP contribution in [0.15, 0.2) is 42.7 Å². The summed E-state index contributed by atoms with van der Waals surface area (Å²) in [5.74, 6) is 1.51. The molecule has 5 nitrogen and oxygen atoms in total. The summed E-state index contributed by atoms with van der Waals surface area (Å²) in [6, 6.07) is 10.5. The molecular formula is C20H29N3O2. The van der Waals surface area contributed by atoms with Crippen molar-refractivity contribution >= 4 is 0 Å². The fraction of sp³-hybridized carbons (Fsp3) is 0.450. The van der Waals surface area contributed by atoms with E-state index in [1.165, 1.54) is 5.56 Å². The Labute approximate surface area is 151 Å². The average molecular weight is 343 g/mol. The van der Waals surface area contributed by atoms with Gasteiger partial charge in [0.1, 0.15) is 6.61 Å². The SMILES string of the molecule is COc1cc(CNCCN(C)C(C)C)ccc1OCc1ccncc1. The predicted octanol–water partition coefficient (Wildman–Crippen LogP) is 3.10. The summed E-state index contributed by atoms with van der Waals surface area (Å²) in [7, 11) is 3.81. The Kier molecular flexibility index (Phi) is 7.70. The highest BCUT2D eigenvalue weighted by Gasteiger charge is 2.07. The van der Waals surface area contributed by atoms with Crippen LogP contribution >= 0.6 is 0 Å². The van der Waals surface area contributed by atoms with Crippen LogP contribution in [0.2, 0.25) is 0 Å². The number of nitrogens with zero attached hydrogens (tertiary/aromatic N) is 2. The van der Waals surface area contributed by atoms with E-state index in [1.807, 2.05) is 24.3 Å². The van der Waals surface area contributed by atoms with Gasteiger partial charge in [0.2, 0.25) is 0 Å². The number of likely N-dealkylation sites (N-methyl/N-ethyl adjacent to an activating group) is 1. The highest BCUT2D eigenvalue weighted by Crippen LogP contribution is 2.28. The minimum absolute atomic E-state index is 0.498. The van der Waals surface area contributed by atoms with Crippen LogP contribution in [0.4, 0.5) is 0 Å². The Balaban J connectivity index is 1.85. The highest BCUT2D eigenvalue weighted by atomic mass is 16.5. The molecular weight excluding hydrogens is 314 g/mol. The Morgan fingerprint density at radius 1 is 1.08 bits per heavy atom. The monoisotopic (exact) mass is 343 g/mol. The molecule has 1 aromatic carbocycles. The van der Waals surface area contributed by atoms with Crippen molar-refractivity contribution in [1.29, 1.82) is 0 Å². The second kappa shape index (κ2) is 10.0. The summed E-state index contributed by atoms with van der Waals surface area (Å²) in [4.78, 5) is 6.33. The minimum atomic E-state index is 0.498. The van der Waals surface area contributed by atoms with Crippen LogP contribution in [-0.4, -0.2) is 43.2 Å². The highest BCUT2D eigenvalue weighted by molar-refractivity contribution is 5.43. The van der Waals surface area contributed by atoms with Crippen LogP contribution in [0.1, 0.15) is 25.0 Å². The van der Waals surface area contributed by atoms with Gasteiger partial charge in [0, 0.05) is 38.1 Å². The molecule has 1 heterocycles. The Morgan fingerprint density at radius 2 is 1.84 bits per heavy atom. The van der Waals surface area contributed by atoms with Crippen LogP contribution in [0, 0.1) is 0 Å². The van der Waals surface area contributed by atoms with Gasteiger partial charge in [-0.3, -0.25) is 4.98 Å². The predicted molar refractivity (Wildman–Crippen MR) is 101 cm³/mol. The number of aromatic nitrogens is 1. The van der Waals surface area contributed by atoms with E-state index in [2.05, 4.69) is 42.2 Å². The number of hydrogen-bond acceptors (Lipinski definition) is 5. The zero-order valence-corrected chi connectivity index (χ0v) is 15.7. The maximum atomic E-state index is 5.87. The zero-order valence-electron chi connectivity index (χ0n) is 15.7. The maximum Gasteiger partial charge on any atom is 0.161 e. The van der Waals surface area contributed by atoms with Crippen molar-refractivity contribution in [2.45, 2.75) is 33.0 Å². The number of ether oxygens (including phenoxy) is 2. The lowest BCUT2D eigenvalue weighted by molar-refractivity contribution is 0.273. The second-order valence-electron chi connectivity index (χ2n) is 6.38. The number of nitrogens with one attached hydrogen (secondary N) is 1. The molecule has 1 aromatic heterocycles.